The van der Waals surface area contributed by atoms with Crippen molar-refractivity contribution >= 4 is 23.7 Å². The lowest BCUT2D eigenvalue weighted by Gasteiger charge is -2.30. The molecule has 2 aromatic heterocycles. The van der Waals surface area contributed by atoms with E-state index in [2.05, 4.69) is 29.8 Å². The molecule has 0 aliphatic carbocycles. The van der Waals surface area contributed by atoms with Crippen LogP contribution in [0.15, 0.2) is 12.5 Å². The molecule has 11 heteroatoms. The topological polar surface area (TPSA) is 80.2 Å². The number of halogens is 2. The molecule has 0 amide bonds. The van der Waals surface area contributed by atoms with Gasteiger partial charge in [-0.15, -0.1) is 0 Å². The maximum Gasteiger partial charge on any atom is 0.281 e. The van der Waals surface area contributed by atoms with Crippen molar-refractivity contribution in [3.63, 3.8) is 0 Å². The second-order valence-corrected chi connectivity index (χ2v) is 7.30. The third kappa shape index (κ3) is 4.08. The van der Waals surface area contributed by atoms with E-state index in [4.69, 9.17) is 4.74 Å². The molecule has 27 heavy (non-hydrogen) atoms. The van der Waals surface area contributed by atoms with Crippen LogP contribution in [0, 0.1) is 0 Å². The van der Waals surface area contributed by atoms with Gasteiger partial charge in [0.05, 0.1) is 18.8 Å². The van der Waals surface area contributed by atoms with Gasteiger partial charge in [-0.2, -0.15) is 26.7 Å². The van der Waals surface area contributed by atoms with E-state index in [-0.39, 0.29) is 17.1 Å². The summed E-state index contributed by atoms with van der Waals surface area (Å²) in [6, 6.07) is 0. The number of anilines is 2. The van der Waals surface area contributed by atoms with Crippen molar-refractivity contribution in [1.29, 1.82) is 0 Å². The van der Waals surface area contributed by atoms with Crippen LogP contribution in [0.25, 0.3) is 11.4 Å². The highest BCUT2D eigenvalue weighted by molar-refractivity contribution is 7.99. The molecule has 0 spiro atoms. The summed E-state index contributed by atoms with van der Waals surface area (Å²) in [5, 5.41) is 0. The lowest BCUT2D eigenvalue weighted by atomic mass is 10.2. The van der Waals surface area contributed by atoms with Crippen molar-refractivity contribution in [2.75, 3.05) is 60.7 Å². The Kier molecular flexibility index (Phi) is 5.58. The Bertz CT molecular complexity index is 749. The molecule has 2 aliphatic heterocycles. The van der Waals surface area contributed by atoms with E-state index in [9.17, 15) is 8.78 Å². The number of ether oxygens (including phenoxy) is 1. The highest BCUT2D eigenvalue weighted by atomic mass is 32.2. The van der Waals surface area contributed by atoms with Crippen molar-refractivity contribution in [3.8, 4) is 11.4 Å². The summed E-state index contributed by atoms with van der Waals surface area (Å²) < 4.78 is 32.2. The maximum absolute atomic E-state index is 13.4. The normalized spacial score (nSPS) is 18.2. The summed E-state index contributed by atoms with van der Waals surface area (Å²) in [5.74, 6) is 3.11. The average molecular weight is 395 g/mol. The monoisotopic (exact) mass is 395 g/mol. The fourth-order valence-electron chi connectivity index (χ4n) is 2.97. The first kappa shape index (κ1) is 18.2. The molecule has 144 valence electrons. The van der Waals surface area contributed by atoms with Gasteiger partial charge in [-0.3, -0.25) is 0 Å². The lowest BCUT2D eigenvalue weighted by Crippen LogP contribution is -2.39. The van der Waals surface area contributed by atoms with E-state index in [1.165, 1.54) is 6.20 Å². The zero-order chi connectivity index (χ0) is 18.6. The van der Waals surface area contributed by atoms with Crippen LogP contribution in [0.1, 0.15) is 12.1 Å². The van der Waals surface area contributed by atoms with Crippen LogP contribution in [0.3, 0.4) is 0 Å². The number of aromatic nitrogens is 5. The number of hydrogen-bond donors (Lipinski definition) is 0. The quantitative estimate of drug-likeness (QED) is 0.768. The molecule has 0 aromatic carbocycles. The summed E-state index contributed by atoms with van der Waals surface area (Å²) in [5.41, 5.74) is -0.235. The molecule has 4 rings (SSSR count). The Hall–Kier alpha value is -2.14. The average Bonchev–Trinajstić information content (AvgIpc) is 2.74. The smallest absolute Gasteiger partial charge is 0.281 e. The molecule has 4 heterocycles. The number of hydrogen-bond acceptors (Lipinski definition) is 9. The predicted molar refractivity (Wildman–Crippen MR) is 98.4 cm³/mol. The third-order valence-electron chi connectivity index (χ3n) is 4.39. The lowest BCUT2D eigenvalue weighted by molar-refractivity contribution is 0.122. The van der Waals surface area contributed by atoms with Gasteiger partial charge in [-0.25, -0.2) is 18.7 Å². The molecule has 0 saturated carbocycles. The highest BCUT2D eigenvalue weighted by Gasteiger charge is 2.24. The van der Waals surface area contributed by atoms with Crippen LogP contribution in [0.4, 0.5) is 20.7 Å². The molecule has 2 aliphatic rings. The number of rotatable bonds is 4. The second kappa shape index (κ2) is 8.26. The van der Waals surface area contributed by atoms with Crippen molar-refractivity contribution in [2.45, 2.75) is 6.43 Å². The van der Waals surface area contributed by atoms with Gasteiger partial charge in [0.2, 0.25) is 11.9 Å². The molecule has 0 bridgehead atoms. The first-order valence-corrected chi connectivity index (χ1v) is 9.88. The molecule has 0 radical (unpaired) electrons. The van der Waals surface area contributed by atoms with Gasteiger partial charge < -0.3 is 14.5 Å². The van der Waals surface area contributed by atoms with Gasteiger partial charge in [-0.1, -0.05) is 0 Å². The van der Waals surface area contributed by atoms with Crippen molar-refractivity contribution in [3.05, 3.63) is 18.2 Å². The van der Waals surface area contributed by atoms with Gasteiger partial charge in [0.1, 0.15) is 12.0 Å². The zero-order valence-corrected chi connectivity index (χ0v) is 15.4. The summed E-state index contributed by atoms with van der Waals surface area (Å²) in [6.07, 6.45) is -0.290. The minimum Gasteiger partial charge on any atom is -0.378 e. The van der Waals surface area contributed by atoms with Crippen LogP contribution in [0.5, 0.6) is 0 Å². The highest BCUT2D eigenvalue weighted by Crippen LogP contribution is 2.29. The Morgan fingerprint density at radius 3 is 2.30 bits per heavy atom. The number of morpholine rings is 1. The van der Waals surface area contributed by atoms with E-state index >= 15 is 0 Å². The van der Waals surface area contributed by atoms with Gasteiger partial charge in [-0.05, 0) is 0 Å². The molecule has 2 aromatic rings. The second-order valence-electron chi connectivity index (χ2n) is 6.08. The van der Waals surface area contributed by atoms with E-state index in [1.54, 1.807) is 0 Å². The Morgan fingerprint density at radius 1 is 0.963 bits per heavy atom. The molecule has 0 N–H and O–H groups in total. The first-order valence-electron chi connectivity index (χ1n) is 8.72. The molecule has 2 saturated heterocycles. The van der Waals surface area contributed by atoms with Gasteiger partial charge in [0, 0.05) is 43.9 Å². The minimum absolute atomic E-state index is 0.136. The third-order valence-corrected chi connectivity index (χ3v) is 5.33. The summed E-state index contributed by atoms with van der Waals surface area (Å²) in [7, 11) is 0. The van der Waals surface area contributed by atoms with Crippen LogP contribution in [-0.4, -0.2) is 75.8 Å². The Morgan fingerprint density at radius 2 is 1.63 bits per heavy atom. The van der Waals surface area contributed by atoms with Crippen LogP contribution in [0.2, 0.25) is 0 Å². The largest absolute Gasteiger partial charge is 0.378 e. The molecule has 0 unspecified atom stereocenters. The number of nitrogens with zero attached hydrogens (tertiary/aromatic N) is 7. The van der Waals surface area contributed by atoms with Crippen LogP contribution >= 0.6 is 11.8 Å². The SMILES string of the molecule is FC(F)c1ncncc1-c1nc(N2CCOCC2)nc(N2CCSCC2)n1. The van der Waals surface area contributed by atoms with E-state index in [0.717, 1.165) is 30.9 Å². The zero-order valence-electron chi connectivity index (χ0n) is 14.6. The fourth-order valence-corrected chi connectivity index (χ4v) is 3.87. The van der Waals surface area contributed by atoms with E-state index in [1.807, 2.05) is 16.7 Å². The van der Waals surface area contributed by atoms with Gasteiger partial charge in [0.15, 0.2) is 5.82 Å². The molecule has 2 fully saturated rings. The summed E-state index contributed by atoms with van der Waals surface area (Å²) in [6.45, 7) is 4.06. The molecular formula is C16H19F2N7OS. The molecule has 0 atom stereocenters. The van der Waals surface area contributed by atoms with Crippen molar-refractivity contribution < 1.29 is 13.5 Å². The molecule has 8 nitrogen and oxygen atoms in total. The van der Waals surface area contributed by atoms with E-state index < -0.39 is 6.43 Å². The minimum atomic E-state index is -2.73. The van der Waals surface area contributed by atoms with Gasteiger partial charge in [0.25, 0.3) is 6.43 Å². The number of alkyl halides is 2. The Balaban J connectivity index is 1.78. The molecular weight excluding hydrogens is 376 g/mol. The van der Waals surface area contributed by atoms with Crippen LogP contribution in [-0.2, 0) is 4.74 Å². The summed E-state index contributed by atoms with van der Waals surface area (Å²) in [4.78, 5) is 25.2. The van der Waals surface area contributed by atoms with Crippen molar-refractivity contribution in [1.82, 2.24) is 24.9 Å². The maximum atomic E-state index is 13.4. The number of thioether (sulfide) groups is 1. The fraction of sp³-hybridized carbons (Fsp3) is 0.562. The van der Waals surface area contributed by atoms with Gasteiger partial charge >= 0.3 is 0 Å². The van der Waals surface area contributed by atoms with Crippen LogP contribution < -0.4 is 9.80 Å². The van der Waals surface area contributed by atoms with Crippen molar-refractivity contribution in [2.24, 2.45) is 0 Å². The standard InChI is InChI=1S/C16H19F2N7OS/c17-13(18)12-11(9-19-10-20-12)14-21-15(24-1-5-26-6-2-24)23-16(22-14)25-3-7-27-8-4-25/h9-10,13H,1-8H2. The predicted octanol–water partition coefficient (Wildman–Crippen LogP) is 1.66. The summed E-state index contributed by atoms with van der Waals surface area (Å²) >= 11 is 1.87. The first-order chi connectivity index (χ1) is 13.2. The van der Waals surface area contributed by atoms with E-state index in [0.29, 0.717) is 38.2 Å². The Labute approximate surface area is 159 Å².